The monoisotopic (exact) mass is 384 g/mol. The molecule has 0 radical (unpaired) electrons. The maximum atomic E-state index is 12.6. The van der Waals surface area contributed by atoms with Crippen molar-refractivity contribution in [3.63, 3.8) is 0 Å². The van der Waals surface area contributed by atoms with E-state index in [9.17, 15) is 4.79 Å². The molecule has 1 saturated heterocycles. The Kier molecular flexibility index (Phi) is 3.39. The zero-order valence-electron chi connectivity index (χ0n) is 13.6. The predicted molar refractivity (Wildman–Crippen MR) is 103 cm³/mol. The lowest BCUT2D eigenvalue weighted by atomic mass is 10.0. The molecule has 5 rings (SSSR count). The van der Waals surface area contributed by atoms with Crippen LogP contribution in [0.3, 0.4) is 0 Å². The molecule has 2 aliphatic rings. The van der Waals surface area contributed by atoms with Crippen LogP contribution >= 0.6 is 23.2 Å². The largest absolute Gasteiger partial charge is 0.383 e. The van der Waals surface area contributed by atoms with E-state index in [2.05, 4.69) is 9.97 Å². The Morgan fingerprint density at radius 2 is 2.00 bits per heavy atom. The number of nitrogens with two attached hydrogens (primary N) is 1. The first kappa shape index (κ1) is 15.9. The maximum Gasteiger partial charge on any atom is 0.230 e. The van der Waals surface area contributed by atoms with Crippen molar-refractivity contribution >= 4 is 51.5 Å². The van der Waals surface area contributed by atoms with Crippen molar-refractivity contribution in [2.75, 3.05) is 17.2 Å². The number of fused-ring (bicyclic) bond motifs is 2. The number of nitrogens with zero attached hydrogens (tertiary/aromatic N) is 3. The average Bonchev–Trinajstić information content (AvgIpc) is 3.34. The number of anilines is 2. The van der Waals surface area contributed by atoms with E-state index in [0.717, 1.165) is 29.8 Å². The van der Waals surface area contributed by atoms with Gasteiger partial charge in [-0.1, -0.05) is 35.3 Å². The van der Waals surface area contributed by atoms with Crippen LogP contribution < -0.4 is 10.6 Å². The normalized spacial score (nSPS) is 21.3. The first-order valence-corrected chi connectivity index (χ1v) is 9.10. The Bertz CT molecular complexity index is 1080. The number of benzene rings is 2. The predicted octanol–water partition coefficient (Wildman–Crippen LogP) is 4.17. The summed E-state index contributed by atoms with van der Waals surface area (Å²) in [5, 5.41) is 1.60. The van der Waals surface area contributed by atoms with Crippen LogP contribution in [0.15, 0.2) is 36.7 Å². The molecule has 7 heteroatoms. The van der Waals surface area contributed by atoms with Gasteiger partial charge in [0, 0.05) is 34.7 Å². The van der Waals surface area contributed by atoms with Gasteiger partial charge in [0.2, 0.25) is 5.91 Å². The van der Waals surface area contributed by atoms with E-state index in [1.807, 2.05) is 29.2 Å². The minimum atomic E-state index is 0.174. The summed E-state index contributed by atoms with van der Waals surface area (Å²) in [6.45, 7) is 0.741. The van der Waals surface area contributed by atoms with Gasteiger partial charge in [-0.25, -0.2) is 9.97 Å². The van der Waals surface area contributed by atoms with Gasteiger partial charge in [-0.3, -0.25) is 4.79 Å². The summed E-state index contributed by atoms with van der Waals surface area (Å²) in [6.07, 6.45) is 2.43. The fourth-order valence-electron chi connectivity index (χ4n) is 3.75. The van der Waals surface area contributed by atoms with Gasteiger partial charge in [-0.2, -0.15) is 0 Å². The SMILES string of the molecule is Nc1ncnc2c(-c3cccc(Cl)c3Cl)cc(N3C[C@@H]4C[C@@H]4C3=O)cc12. The third kappa shape index (κ3) is 2.27. The minimum absolute atomic E-state index is 0.174. The lowest BCUT2D eigenvalue weighted by Gasteiger charge is -2.21. The molecule has 0 bridgehead atoms. The lowest BCUT2D eigenvalue weighted by molar-refractivity contribution is -0.118. The Labute approximate surface area is 159 Å². The molecule has 1 saturated carbocycles. The Hall–Kier alpha value is -2.37. The molecule has 2 atom stereocenters. The maximum absolute atomic E-state index is 12.6. The highest BCUT2D eigenvalue weighted by Crippen LogP contribution is 2.48. The third-order valence-electron chi connectivity index (χ3n) is 5.23. The second-order valence-electron chi connectivity index (χ2n) is 6.80. The highest BCUT2D eigenvalue weighted by molar-refractivity contribution is 6.44. The zero-order chi connectivity index (χ0) is 18.0. The lowest BCUT2D eigenvalue weighted by Crippen LogP contribution is -2.27. The van der Waals surface area contributed by atoms with Gasteiger partial charge in [-0.15, -0.1) is 0 Å². The van der Waals surface area contributed by atoms with E-state index in [4.69, 9.17) is 28.9 Å². The first-order chi connectivity index (χ1) is 12.5. The van der Waals surface area contributed by atoms with E-state index in [1.54, 1.807) is 6.07 Å². The zero-order valence-corrected chi connectivity index (χ0v) is 15.1. The van der Waals surface area contributed by atoms with Crippen LogP contribution in [0.4, 0.5) is 11.5 Å². The minimum Gasteiger partial charge on any atom is -0.383 e. The van der Waals surface area contributed by atoms with Crippen molar-refractivity contribution in [3.05, 3.63) is 46.7 Å². The van der Waals surface area contributed by atoms with Gasteiger partial charge in [0.05, 0.1) is 15.6 Å². The Morgan fingerprint density at radius 1 is 1.15 bits per heavy atom. The van der Waals surface area contributed by atoms with Gasteiger partial charge in [0.25, 0.3) is 0 Å². The van der Waals surface area contributed by atoms with Crippen molar-refractivity contribution in [2.45, 2.75) is 6.42 Å². The molecule has 130 valence electrons. The number of piperidine rings is 1. The summed E-state index contributed by atoms with van der Waals surface area (Å²) in [6, 6.07) is 9.28. The molecule has 2 heterocycles. The van der Waals surface area contributed by atoms with Crippen molar-refractivity contribution in [1.29, 1.82) is 0 Å². The van der Waals surface area contributed by atoms with E-state index in [-0.39, 0.29) is 11.8 Å². The molecule has 2 N–H and O–H groups in total. The molecule has 1 aliphatic carbocycles. The van der Waals surface area contributed by atoms with Crippen molar-refractivity contribution in [1.82, 2.24) is 9.97 Å². The van der Waals surface area contributed by atoms with Crippen LogP contribution in [-0.4, -0.2) is 22.4 Å². The van der Waals surface area contributed by atoms with E-state index >= 15 is 0 Å². The van der Waals surface area contributed by atoms with Gasteiger partial charge < -0.3 is 10.6 Å². The van der Waals surface area contributed by atoms with Crippen LogP contribution in [0.1, 0.15) is 6.42 Å². The molecule has 3 aromatic rings. The number of aromatic nitrogens is 2. The highest BCUT2D eigenvalue weighted by atomic mass is 35.5. The molecule has 2 fully saturated rings. The van der Waals surface area contributed by atoms with Crippen LogP contribution in [-0.2, 0) is 4.79 Å². The van der Waals surface area contributed by atoms with Gasteiger partial charge in [0.15, 0.2) is 0 Å². The molecule has 5 nitrogen and oxygen atoms in total. The van der Waals surface area contributed by atoms with E-state index in [0.29, 0.717) is 32.7 Å². The average molecular weight is 385 g/mol. The third-order valence-corrected chi connectivity index (χ3v) is 6.05. The number of nitrogen functional groups attached to an aromatic ring is 1. The van der Waals surface area contributed by atoms with E-state index < -0.39 is 0 Å². The Morgan fingerprint density at radius 3 is 2.77 bits per heavy atom. The van der Waals surface area contributed by atoms with Crippen LogP contribution in [0, 0.1) is 11.8 Å². The number of hydrogen-bond acceptors (Lipinski definition) is 4. The number of amides is 1. The van der Waals surface area contributed by atoms with Crippen LogP contribution in [0.2, 0.25) is 10.0 Å². The molecule has 0 unspecified atom stereocenters. The topological polar surface area (TPSA) is 72.1 Å². The molecule has 1 aromatic heterocycles. The fraction of sp³-hybridized carbons (Fsp3) is 0.211. The summed E-state index contributed by atoms with van der Waals surface area (Å²) >= 11 is 12.7. The standard InChI is InChI=1S/C19H14Cl2N4O/c20-15-3-1-2-11(16(15)21)13-5-10(25-7-9-4-12(9)19(25)26)6-14-17(13)23-8-24-18(14)22/h1-3,5-6,8-9,12H,4,7H2,(H2,22,23,24)/t9-,12-/m0/s1. The Balaban J connectivity index is 1.77. The van der Waals surface area contributed by atoms with Crippen molar-refractivity contribution < 1.29 is 4.79 Å². The van der Waals surface area contributed by atoms with Gasteiger partial charge in [-0.05, 0) is 30.5 Å². The molecule has 1 aliphatic heterocycles. The highest BCUT2D eigenvalue weighted by Gasteiger charge is 2.52. The van der Waals surface area contributed by atoms with Crippen molar-refractivity contribution in [3.8, 4) is 11.1 Å². The summed E-state index contributed by atoms with van der Waals surface area (Å²) < 4.78 is 0. The number of hydrogen-bond donors (Lipinski definition) is 1. The number of halogens is 2. The fourth-order valence-corrected chi connectivity index (χ4v) is 4.16. The van der Waals surface area contributed by atoms with Crippen LogP contribution in [0.5, 0.6) is 0 Å². The van der Waals surface area contributed by atoms with Crippen molar-refractivity contribution in [2.24, 2.45) is 11.8 Å². The van der Waals surface area contributed by atoms with E-state index in [1.165, 1.54) is 6.33 Å². The number of carbonyl (C=O) groups is 1. The summed E-state index contributed by atoms with van der Waals surface area (Å²) in [5.74, 6) is 1.19. The first-order valence-electron chi connectivity index (χ1n) is 8.34. The molecule has 1 amide bonds. The quantitative estimate of drug-likeness (QED) is 0.719. The molecular weight excluding hydrogens is 371 g/mol. The summed E-state index contributed by atoms with van der Waals surface area (Å²) in [4.78, 5) is 22.9. The second kappa shape index (κ2) is 5.56. The summed E-state index contributed by atoms with van der Waals surface area (Å²) in [5.41, 5.74) is 9.11. The molecule has 0 spiro atoms. The smallest absolute Gasteiger partial charge is 0.230 e. The second-order valence-corrected chi connectivity index (χ2v) is 7.59. The van der Waals surface area contributed by atoms with Crippen LogP contribution in [0.25, 0.3) is 22.0 Å². The number of carbonyl (C=O) groups excluding carboxylic acids is 1. The molecule has 2 aromatic carbocycles. The number of rotatable bonds is 2. The summed E-state index contributed by atoms with van der Waals surface area (Å²) in [7, 11) is 0. The molecular formula is C19H14Cl2N4O. The van der Waals surface area contributed by atoms with Gasteiger partial charge >= 0.3 is 0 Å². The molecule has 26 heavy (non-hydrogen) atoms. The van der Waals surface area contributed by atoms with Gasteiger partial charge in [0.1, 0.15) is 12.1 Å².